The van der Waals surface area contributed by atoms with E-state index in [4.69, 9.17) is 21.1 Å². The third kappa shape index (κ3) is 5.67. The van der Waals surface area contributed by atoms with Gasteiger partial charge in [0.2, 0.25) is 5.91 Å². The number of hydrogen-bond acceptors (Lipinski definition) is 6. The van der Waals surface area contributed by atoms with Crippen LogP contribution in [0.4, 0.5) is 0 Å². The molecule has 4 atom stereocenters. The van der Waals surface area contributed by atoms with Gasteiger partial charge in [0, 0.05) is 44.2 Å². The van der Waals surface area contributed by atoms with Crippen LogP contribution in [0.2, 0.25) is 5.02 Å². The number of para-hydroxylation sites is 1. The van der Waals surface area contributed by atoms with Crippen molar-refractivity contribution in [3.63, 3.8) is 0 Å². The predicted molar refractivity (Wildman–Crippen MR) is 135 cm³/mol. The maximum atomic E-state index is 13.7. The molecule has 2 amide bonds. The summed E-state index contributed by atoms with van der Waals surface area (Å²) in [5.74, 6) is 0.0293. The van der Waals surface area contributed by atoms with E-state index in [9.17, 15) is 14.7 Å². The van der Waals surface area contributed by atoms with E-state index >= 15 is 0 Å². The number of nitrogens with one attached hydrogen (secondary N) is 1. The van der Waals surface area contributed by atoms with Crippen LogP contribution in [0, 0.1) is 0 Å². The molecule has 0 aliphatic carbocycles. The van der Waals surface area contributed by atoms with Gasteiger partial charge >= 0.3 is 0 Å². The fraction of sp³-hybridized carbons (Fsp3) is 0.481. The molecule has 0 saturated carbocycles. The number of aliphatic hydroxyl groups excluding tert-OH is 1. The van der Waals surface area contributed by atoms with Crippen LogP contribution in [0.5, 0.6) is 5.75 Å². The van der Waals surface area contributed by atoms with Gasteiger partial charge in [-0.1, -0.05) is 35.9 Å². The smallest absolute Gasteiger partial charge is 0.258 e. The monoisotopic (exact) mass is 513 g/mol. The summed E-state index contributed by atoms with van der Waals surface area (Å²) in [7, 11) is 0. The molecule has 3 aliphatic heterocycles. The molecule has 0 radical (unpaired) electrons. The third-order valence-electron chi connectivity index (χ3n) is 7.20. The first-order valence-electron chi connectivity index (χ1n) is 12.6. The van der Waals surface area contributed by atoms with Crippen LogP contribution in [0.15, 0.2) is 48.5 Å². The lowest BCUT2D eigenvalue weighted by Crippen LogP contribution is -2.61. The normalized spacial score (nSPS) is 27.8. The summed E-state index contributed by atoms with van der Waals surface area (Å²) in [4.78, 5) is 31.0. The second-order valence-corrected chi connectivity index (χ2v) is 10.1. The summed E-state index contributed by atoms with van der Waals surface area (Å²) in [5, 5.41) is 14.1. The zero-order chi connectivity index (χ0) is 25.1. The molecule has 8 nitrogen and oxygen atoms in total. The molecule has 0 aromatic heterocycles. The van der Waals surface area contributed by atoms with E-state index in [2.05, 4.69) is 10.2 Å². The zero-order valence-corrected chi connectivity index (χ0v) is 20.9. The highest BCUT2D eigenvalue weighted by Gasteiger charge is 2.38. The number of benzene rings is 2. The Morgan fingerprint density at radius 2 is 1.92 bits per heavy atom. The van der Waals surface area contributed by atoms with Crippen LogP contribution in [0.1, 0.15) is 35.2 Å². The number of rotatable bonds is 2. The minimum absolute atomic E-state index is 0.0690. The van der Waals surface area contributed by atoms with E-state index in [1.165, 1.54) is 0 Å². The molecule has 2 fully saturated rings. The molecule has 2 aromatic carbocycles. The van der Waals surface area contributed by atoms with Gasteiger partial charge in [-0.2, -0.15) is 0 Å². The highest BCUT2D eigenvalue weighted by atomic mass is 35.5. The van der Waals surface area contributed by atoms with Gasteiger partial charge in [0.05, 0.1) is 24.4 Å². The van der Waals surface area contributed by atoms with Gasteiger partial charge in [0.25, 0.3) is 5.91 Å². The van der Waals surface area contributed by atoms with Gasteiger partial charge in [-0.05, 0) is 42.7 Å². The van der Waals surface area contributed by atoms with Crippen LogP contribution in [0.25, 0.3) is 0 Å². The van der Waals surface area contributed by atoms with Crippen molar-refractivity contribution in [1.82, 2.24) is 15.1 Å². The molecule has 9 heteroatoms. The van der Waals surface area contributed by atoms with Crippen LogP contribution >= 0.6 is 11.6 Å². The molecule has 3 aliphatic rings. The standard InChI is InChI=1S/C27H32ClN3O5/c28-19-5-3-4-18(14-19)16-30-11-12-31-22(17-30)26(33)29-15-25-23(32)9-8-20(36-25)10-13-35-24-7-2-1-6-21(24)27(31)34/h1-7,14,20,22-23,25,32H,8-13,15-17H2,(H,29,33)/t20-,22-,23-,25+/m0/s1. The number of carbonyl (C=O) groups is 2. The Bertz CT molecular complexity index is 1100. The molecule has 0 spiro atoms. The average Bonchev–Trinajstić information content (AvgIpc) is 2.88. The summed E-state index contributed by atoms with van der Waals surface area (Å²) < 4.78 is 12.1. The van der Waals surface area contributed by atoms with E-state index in [-0.39, 0.29) is 24.5 Å². The number of ether oxygens (including phenoxy) is 2. The summed E-state index contributed by atoms with van der Waals surface area (Å²) >= 11 is 6.16. The molecule has 36 heavy (non-hydrogen) atoms. The number of fused-ring (bicyclic) bond motifs is 4. The minimum Gasteiger partial charge on any atom is -0.493 e. The Labute approximate surface area is 216 Å². The largest absolute Gasteiger partial charge is 0.493 e. The molecule has 3 heterocycles. The van der Waals surface area contributed by atoms with E-state index < -0.39 is 18.2 Å². The molecule has 2 saturated heterocycles. The first-order valence-corrected chi connectivity index (χ1v) is 13.0. The number of hydrogen-bond donors (Lipinski definition) is 2. The van der Waals surface area contributed by atoms with E-state index in [0.717, 1.165) is 12.0 Å². The van der Waals surface area contributed by atoms with Crippen molar-refractivity contribution >= 4 is 23.4 Å². The lowest BCUT2D eigenvalue weighted by Gasteiger charge is -2.41. The lowest BCUT2D eigenvalue weighted by molar-refractivity contribution is -0.135. The molecule has 0 unspecified atom stereocenters. The zero-order valence-electron chi connectivity index (χ0n) is 20.1. The van der Waals surface area contributed by atoms with Crippen molar-refractivity contribution in [2.45, 2.75) is 50.2 Å². The van der Waals surface area contributed by atoms with Crippen LogP contribution in [-0.4, -0.2) is 83.9 Å². The van der Waals surface area contributed by atoms with Gasteiger partial charge in [-0.15, -0.1) is 0 Å². The summed E-state index contributed by atoms with van der Waals surface area (Å²) in [6, 6.07) is 14.2. The molecule has 2 bridgehead atoms. The third-order valence-corrected chi connectivity index (χ3v) is 7.43. The molecule has 2 aromatic rings. The molecular weight excluding hydrogens is 482 g/mol. The molecular formula is C27H32ClN3O5. The summed E-state index contributed by atoms with van der Waals surface area (Å²) in [6.07, 6.45) is 0.788. The first kappa shape index (κ1) is 25.0. The summed E-state index contributed by atoms with van der Waals surface area (Å²) in [6.45, 7) is 2.62. The lowest BCUT2D eigenvalue weighted by atomic mass is 9.99. The number of amides is 2. The average molecular weight is 514 g/mol. The second-order valence-electron chi connectivity index (χ2n) is 9.70. The van der Waals surface area contributed by atoms with E-state index in [1.807, 2.05) is 36.4 Å². The predicted octanol–water partition coefficient (Wildman–Crippen LogP) is 2.47. The first-order chi connectivity index (χ1) is 17.5. The number of nitrogens with zero attached hydrogens (tertiary/aromatic N) is 2. The second kappa shape index (κ2) is 11.2. The molecule has 192 valence electrons. The van der Waals surface area contributed by atoms with Crippen LogP contribution < -0.4 is 10.1 Å². The van der Waals surface area contributed by atoms with Crippen LogP contribution in [0.3, 0.4) is 0 Å². The van der Waals surface area contributed by atoms with Crippen molar-refractivity contribution in [1.29, 1.82) is 0 Å². The molecule has 2 N–H and O–H groups in total. The number of carbonyl (C=O) groups excluding carboxylic acids is 2. The Morgan fingerprint density at radius 3 is 2.78 bits per heavy atom. The Morgan fingerprint density at radius 1 is 1.06 bits per heavy atom. The Balaban J connectivity index is 1.41. The van der Waals surface area contributed by atoms with Gasteiger partial charge in [-0.25, -0.2) is 0 Å². The minimum atomic E-state index is -0.696. The quantitative estimate of drug-likeness (QED) is 0.641. The maximum Gasteiger partial charge on any atom is 0.258 e. The number of piperazine rings is 1. The highest BCUT2D eigenvalue weighted by molar-refractivity contribution is 6.30. The van der Waals surface area contributed by atoms with Gasteiger partial charge in [0.15, 0.2) is 0 Å². The Kier molecular flexibility index (Phi) is 7.76. The fourth-order valence-electron chi connectivity index (χ4n) is 5.23. The SMILES string of the molecule is O=C1NC[C@H]2O[C@H](CCOc3ccccc3C(=O)N3CCN(Cc4cccc(Cl)c4)C[C@@H]13)CC[C@@H]2O. The Hall–Kier alpha value is -2.65. The van der Waals surface area contributed by atoms with E-state index in [1.54, 1.807) is 17.0 Å². The maximum absolute atomic E-state index is 13.7. The van der Waals surface area contributed by atoms with Gasteiger partial charge in [-0.3, -0.25) is 14.5 Å². The van der Waals surface area contributed by atoms with E-state index in [0.29, 0.717) is 62.0 Å². The van der Waals surface area contributed by atoms with Crippen molar-refractivity contribution in [3.8, 4) is 5.75 Å². The van der Waals surface area contributed by atoms with Crippen molar-refractivity contribution in [2.24, 2.45) is 0 Å². The highest BCUT2D eigenvalue weighted by Crippen LogP contribution is 2.26. The summed E-state index contributed by atoms with van der Waals surface area (Å²) in [5.41, 5.74) is 1.50. The van der Waals surface area contributed by atoms with Crippen molar-refractivity contribution < 1.29 is 24.2 Å². The van der Waals surface area contributed by atoms with Crippen molar-refractivity contribution in [2.75, 3.05) is 32.8 Å². The number of aliphatic hydroxyl groups is 1. The van der Waals surface area contributed by atoms with Gasteiger partial charge in [0.1, 0.15) is 17.9 Å². The van der Waals surface area contributed by atoms with Gasteiger partial charge < -0.3 is 24.8 Å². The van der Waals surface area contributed by atoms with Crippen LogP contribution in [-0.2, 0) is 16.1 Å². The molecule has 5 rings (SSSR count). The number of halogens is 1. The topological polar surface area (TPSA) is 91.3 Å². The van der Waals surface area contributed by atoms with Crippen molar-refractivity contribution in [3.05, 3.63) is 64.7 Å². The fourth-order valence-corrected chi connectivity index (χ4v) is 5.45.